The molecular weight excluding hydrogens is 683 g/mol. The Morgan fingerprint density at radius 1 is 0.304 bits per heavy atom. The van der Waals surface area contributed by atoms with Gasteiger partial charge in [0.25, 0.3) is 0 Å². The molecule has 12 aromatic rings. The summed E-state index contributed by atoms with van der Waals surface area (Å²) >= 11 is 0. The Kier molecular flexibility index (Phi) is 6.56. The molecule has 0 spiro atoms. The van der Waals surface area contributed by atoms with Gasteiger partial charge in [-0.1, -0.05) is 133 Å². The van der Waals surface area contributed by atoms with Crippen molar-refractivity contribution in [3.05, 3.63) is 188 Å². The molecule has 4 bridgehead atoms. The first-order valence-electron chi connectivity index (χ1n) is 19.0. The van der Waals surface area contributed by atoms with Crippen molar-refractivity contribution in [3.63, 3.8) is 0 Å². The van der Waals surface area contributed by atoms with E-state index in [-0.39, 0.29) is 0 Å². The molecule has 0 amide bonds. The summed E-state index contributed by atoms with van der Waals surface area (Å²) in [7, 11) is 0. The van der Waals surface area contributed by atoms with Crippen LogP contribution >= 0.6 is 0 Å². The molecule has 5 heteroatoms. The standard InChI is InChI=1S/C51H31N5/c1-3-15-32(16-4-1)49-52-50-40-23-9-7-19-36(40)33-29-43(37-20-8-10-24-41(37)51(53-49)54-50)48-44(30-33)42-31-35(27-28-47(42)56(48)34-17-5-2-6-18-34)55-45-25-13-11-21-38(45)39-22-12-14-26-46(39)55/h1-31H. The highest BCUT2D eigenvalue weighted by atomic mass is 15.0. The molecule has 0 aliphatic rings. The van der Waals surface area contributed by atoms with Gasteiger partial charge in [-0.15, -0.1) is 0 Å². The van der Waals surface area contributed by atoms with Gasteiger partial charge in [-0.25, -0.2) is 15.0 Å². The Balaban J connectivity index is 1.30. The fourth-order valence-electron chi connectivity index (χ4n) is 8.86. The van der Waals surface area contributed by atoms with Crippen LogP contribution in [-0.2, 0) is 0 Å². The second-order valence-electron chi connectivity index (χ2n) is 14.4. The molecule has 0 aliphatic heterocycles. The summed E-state index contributed by atoms with van der Waals surface area (Å²) < 4.78 is 4.84. The number of benzene rings is 8. The minimum absolute atomic E-state index is 0.649. The molecule has 0 saturated carbocycles. The number of nitrogens with zero attached hydrogens (tertiary/aromatic N) is 5. The minimum atomic E-state index is 0.649. The van der Waals surface area contributed by atoms with Crippen LogP contribution in [0.15, 0.2) is 188 Å². The molecule has 12 rings (SSSR count). The lowest BCUT2D eigenvalue weighted by molar-refractivity contribution is 1.17. The SMILES string of the molecule is c1ccc(-c2nc3nc(n2)c2ccccc2c2cc(cc4c5cc(-n6c7ccccc7c7ccccc76)ccc5n(-c5ccccc5)c24)c2ccccc32)cc1. The third kappa shape index (κ3) is 4.52. The van der Waals surface area contributed by atoms with E-state index in [1.165, 1.54) is 32.6 Å². The molecule has 0 aliphatic carbocycles. The van der Waals surface area contributed by atoms with Gasteiger partial charge in [0.2, 0.25) is 0 Å². The highest BCUT2D eigenvalue weighted by molar-refractivity contribution is 6.25. The smallest absolute Gasteiger partial charge is 0.164 e. The lowest BCUT2D eigenvalue weighted by Crippen LogP contribution is -1.96. The van der Waals surface area contributed by atoms with Gasteiger partial charge in [-0.05, 0) is 70.8 Å². The maximum Gasteiger partial charge on any atom is 0.164 e. The average Bonchev–Trinajstić information content (AvgIpc) is 3.79. The van der Waals surface area contributed by atoms with Crippen LogP contribution in [0.4, 0.5) is 0 Å². The van der Waals surface area contributed by atoms with E-state index in [0.717, 1.165) is 60.3 Å². The second-order valence-corrected chi connectivity index (χ2v) is 14.4. The fourth-order valence-corrected chi connectivity index (χ4v) is 8.86. The molecule has 0 saturated heterocycles. The number of hydrogen-bond donors (Lipinski definition) is 0. The van der Waals surface area contributed by atoms with Crippen LogP contribution in [0.25, 0.3) is 110 Å². The lowest BCUT2D eigenvalue weighted by atomic mass is 10.00. The second kappa shape index (κ2) is 11.9. The van der Waals surface area contributed by atoms with Crippen molar-refractivity contribution < 1.29 is 0 Å². The monoisotopic (exact) mass is 713 g/mol. The minimum Gasteiger partial charge on any atom is -0.309 e. The molecule has 0 atom stereocenters. The van der Waals surface area contributed by atoms with E-state index in [1.54, 1.807) is 0 Å². The average molecular weight is 714 g/mol. The van der Waals surface area contributed by atoms with Crippen LogP contribution in [-0.4, -0.2) is 24.1 Å². The number of fused-ring (bicyclic) bond motifs is 17. The summed E-state index contributed by atoms with van der Waals surface area (Å²) in [4.78, 5) is 15.5. The van der Waals surface area contributed by atoms with Crippen molar-refractivity contribution in [2.45, 2.75) is 0 Å². The van der Waals surface area contributed by atoms with Gasteiger partial charge in [0.15, 0.2) is 17.1 Å². The van der Waals surface area contributed by atoms with Crippen LogP contribution in [0.3, 0.4) is 0 Å². The Hall–Kier alpha value is -7.63. The maximum absolute atomic E-state index is 5.21. The van der Waals surface area contributed by atoms with Crippen LogP contribution in [0, 0.1) is 0 Å². The van der Waals surface area contributed by atoms with Gasteiger partial charge in [0.05, 0.1) is 22.1 Å². The Morgan fingerprint density at radius 2 is 0.804 bits per heavy atom. The van der Waals surface area contributed by atoms with Gasteiger partial charge < -0.3 is 9.13 Å². The summed E-state index contributed by atoms with van der Waals surface area (Å²) in [5.41, 5.74) is 9.13. The fraction of sp³-hybridized carbons (Fsp3) is 0. The Bertz CT molecular complexity index is 3530. The number of rotatable bonds is 3. The molecule has 0 unspecified atom stereocenters. The Morgan fingerprint density at radius 3 is 1.46 bits per heavy atom. The van der Waals surface area contributed by atoms with Gasteiger partial charge in [0.1, 0.15) is 0 Å². The molecule has 4 heterocycles. The van der Waals surface area contributed by atoms with Gasteiger partial charge in [-0.3, -0.25) is 0 Å². The van der Waals surface area contributed by atoms with Crippen LogP contribution in [0.1, 0.15) is 0 Å². The van der Waals surface area contributed by atoms with Crippen LogP contribution in [0.2, 0.25) is 0 Å². The molecule has 0 N–H and O–H groups in total. The zero-order valence-electron chi connectivity index (χ0n) is 30.1. The van der Waals surface area contributed by atoms with Gasteiger partial charge in [0, 0.05) is 54.6 Å². The largest absolute Gasteiger partial charge is 0.309 e. The molecule has 4 aromatic heterocycles. The highest BCUT2D eigenvalue weighted by Gasteiger charge is 2.20. The Labute approximate surface area is 321 Å². The maximum atomic E-state index is 5.21. The first-order valence-corrected chi connectivity index (χ1v) is 19.0. The third-order valence-corrected chi connectivity index (χ3v) is 11.3. The summed E-state index contributed by atoms with van der Waals surface area (Å²) in [5, 5.41) is 11.1. The summed E-state index contributed by atoms with van der Waals surface area (Å²) in [6, 6.07) is 67.1. The molecule has 260 valence electrons. The van der Waals surface area contributed by atoms with Gasteiger partial charge in [-0.2, -0.15) is 0 Å². The quantitative estimate of drug-likeness (QED) is 0.183. The third-order valence-electron chi connectivity index (χ3n) is 11.3. The number of aromatic nitrogens is 5. The van der Waals surface area contributed by atoms with E-state index in [1.807, 2.05) is 18.2 Å². The summed E-state index contributed by atoms with van der Waals surface area (Å²) in [6.45, 7) is 0. The zero-order valence-corrected chi connectivity index (χ0v) is 30.1. The van der Waals surface area contributed by atoms with E-state index in [0.29, 0.717) is 17.1 Å². The molecule has 0 fully saturated rings. The van der Waals surface area contributed by atoms with Crippen molar-refractivity contribution in [1.82, 2.24) is 24.1 Å². The van der Waals surface area contributed by atoms with Crippen LogP contribution < -0.4 is 0 Å². The van der Waals surface area contributed by atoms with E-state index in [9.17, 15) is 0 Å². The van der Waals surface area contributed by atoms with E-state index >= 15 is 0 Å². The van der Waals surface area contributed by atoms with Crippen molar-refractivity contribution in [2.75, 3.05) is 0 Å². The van der Waals surface area contributed by atoms with E-state index < -0.39 is 0 Å². The first kappa shape index (κ1) is 30.8. The van der Waals surface area contributed by atoms with Crippen molar-refractivity contribution in [2.24, 2.45) is 0 Å². The zero-order chi connectivity index (χ0) is 36.7. The van der Waals surface area contributed by atoms with Crippen LogP contribution in [0.5, 0.6) is 0 Å². The molecular formula is C51H31N5. The first-order chi connectivity index (χ1) is 27.8. The van der Waals surface area contributed by atoms with E-state index in [2.05, 4.69) is 179 Å². The molecule has 8 aromatic carbocycles. The summed E-state index contributed by atoms with van der Waals surface area (Å²) in [6.07, 6.45) is 0. The van der Waals surface area contributed by atoms with E-state index in [4.69, 9.17) is 15.0 Å². The highest BCUT2D eigenvalue weighted by Crippen LogP contribution is 2.41. The molecule has 56 heavy (non-hydrogen) atoms. The normalized spacial score (nSPS) is 11.9. The number of para-hydroxylation sites is 3. The van der Waals surface area contributed by atoms with Crippen molar-refractivity contribution >= 4 is 87.2 Å². The number of hydrogen-bond acceptors (Lipinski definition) is 3. The summed E-state index contributed by atoms with van der Waals surface area (Å²) in [5.74, 6) is 0.653. The lowest BCUT2D eigenvalue weighted by Gasteiger charge is -2.12. The van der Waals surface area contributed by atoms with Gasteiger partial charge >= 0.3 is 0 Å². The predicted molar refractivity (Wildman–Crippen MR) is 233 cm³/mol. The molecule has 0 radical (unpaired) electrons. The predicted octanol–water partition coefficient (Wildman–Crippen LogP) is 12.9. The van der Waals surface area contributed by atoms with Crippen molar-refractivity contribution in [3.8, 4) is 22.8 Å². The topological polar surface area (TPSA) is 48.5 Å². The molecule has 5 nitrogen and oxygen atoms in total. The van der Waals surface area contributed by atoms with Crippen molar-refractivity contribution in [1.29, 1.82) is 0 Å².